The maximum Gasteiger partial charge on any atom is 0.317 e. The van der Waals surface area contributed by atoms with Crippen LogP contribution in [0.2, 0.25) is 0 Å². The maximum absolute atomic E-state index is 12.6. The predicted octanol–water partition coefficient (Wildman–Crippen LogP) is -1.93. The number of aliphatic hydroxyl groups excluding tert-OH is 1. The highest BCUT2D eigenvalue weighted by atomic mass is 16.5. The van der Waals surface area contributed by atoms with Crippen molar-refractivity contribution >= 4 is 17.8 Å². The summed E-state index contributed by atoms with van der Waals surface area (Å²) in [4.78, 5) is 40.0. The Bertz CT molecular complexity index is 500. The summed E-state index contributed by atoms with van der Waals surface area (Å²) in [6.45, 7) is 1.49. The van der Waals surface area contributed by atoms with Gasteiger partial charge >= 0.3 is 5.97 Å². The number of amides is 2. The van der Waals surface area contributed by atoms with E-state index in [1.54, 1.807) is 19.1 Å². The predicted molar refractivity (Wildman–Crippen MR) is 83.2 cm³/mol. The summed E-state index contributed by atoms with van der Waals surface area (Å²) in [5, 5.41) is 19.0. The monoisotopic (exact) mass is 343 g/mol. The van der Waals surface area contributed by atoms with Crippen molar-refractivity contribution in [3.8, 4) is 0 Å². The number of hydrogen-bond donors (Lipinski definition) is 2. The van der Waals surface area contributed by atoms with Gasteiger partial charge in [0.05, 0.1) is 31.2 Å². The van der Waals surface area contributed by atoms with Crippen LogP contribution in [0.4, 0.5) is 0 Å². The molecule has 0 bridgehead atoms. The van der Waals surface area contributed by atoms with E-state index in [-0.39, 0.29) is 37.9 Å². The quantitative estimate of drug-likeness (QED) is 0.554. The number of likely N-dealkylation sites (tertiary alicyclic amines) is 2. The summed E-state index contributed by atoms with van der Waals surface area (Å²) in [6.07, 6.45) is -0.620. The molecule has 9 nitrogen and oxygen atoms in total. The molecule has 0 aromatic carbocycles. The summed E-state index contributed by atoms with van der Waals surface area (Å²) < 4.78 is 4.96. The zero-order valence-electron chi connectivity index (χ0n) is 14.1. The maximum atomic E-state index is 12.6. The fraction of sp³-hybridized carbons (Fsp3) is 0.800. The lowest BCUT2D eigenvalue weighted by atomic mass is 10.1. The highest BCUT2D eigenvalue weighted by Gasteiger charge is 2.42. The molecule has 2 N–H and O–H groups in total. The third kappa shape index (κ3) is 4.22. The van der Waals surface area contributed by atoms with Gasteiger partial charge in [-0.05, 0) is 7.05 Å². The van der Waals surface area contributed by atoms with E-state index in [0.29, 0.717) is 19.7 Å². The summed E-state index contributed by atoms with van der Waals surface area (Å²) in [7, 11) is 3.17. The molecule has 2 amide bonds. The Labute approximate surface area is 140 Å². The third-order valence-corrected chi connectivity index (χ3v) is 4.65. The third-order valence-electron chi connectivity index (χ3n) is 4.65. The molecular weight excluding hydrogens is 318 g/mol. The Hall–Kier alpha value is -1.71. The van der Waals surface area contributed by atoms with Crippen molar-refractivity contribution in [1.29, 1.82) is 0 Å². The average molecular weight is 343 g/mol. The van der Waals surface area contributed by atoms with Crippen LogP contribution in [0.1, 0.15) is 6.42 Å². The van der Waals surface area contributed by atoms with Crippen molar-refractivity contribution in [2.24, 2.45) is 5.92 Å². The van der Waals surface area contributed by atoms with Crippen LogP contribution in [-0.4, -0.2) is 108 Å². The molecule has 0 saturated carbocycles. The lowest BCUT2D eigenvalue weighted by Crippen LogP contribution is -2.43. The molecule has 136 valence electrons. The molecule has 0 aliphatic carbocycles. The number of β-amino-alcohol motifs (C(OH)–C–C–N with tert-alkyl or cyclic N) is 1. The summed E-state index contributed by atoms with van der Waals surface area (Å²) in [5.41, 5.74) is 0. The van der Waals surface area contributed by atoms with E-state index in [4.69, 9.17) is 9.84 Å². The number of hydrogen-bond acceptors (Lipinski definition) is 6. The number of ether oxygens (including phenoxy) is 1. The second-order valence-electron chi connectivity index (χ2n) is 6.42. The van der Waals surface area contributed by atoms with Gasteiger partial charge in [-0.25, -0.2) is 0 Å². The summed E-state index contributed by atoms with van der Waals surface area (Å²) in [5.74, 6) is -1.62. The van der Waals surface area contributed by atoms with E-state index >= 15 is 0 Å². The molecular formula is C15H25N3O6. The minimum Gasteiger partial charge on any atom is -0.480 e. The van der Waals surface area contributed by atoms with E-state index < -0.39 is 24.0 Å². The Balaban J connectivity index is 1.92. The summed E-state index contributed by atoms with van der Waals surface area (Å²) in [6, 6.07) is -0.410. The number of rotatable bonds is 7. The lowest BCUT2D eigenvalue weighted by molar-refractivity contribution is -0.138. The Morgan fingerprint density at radius 1 is 1.33 bits per heavy atom. The van der Waals surface area contributed by atoms with Gasteiger partial charge in [0.15, 0.2) is 0 Å². The van der Waals surface area contributed by atoms with Crippen molar-refractivity contribution in [3.05, 3.63) is 0 Å². The second kappa shape index (κ2) is 7.91. The smallest absolute Gasteiger partial charge is 0.317 e. The topological polar surface area (TPSA) is 111 Å². The van der Waals surface area contributed by atoms with E-state index in [1.807, 2.05) is 0 Å². The van der Waals surface area contributed by atoms with Crippen molar-refractivity contribution in [3.63, 3.8) is 0 Å². The molecule has 0 unspecified atom stereocenters. The molecule has 24 heavy (non-hydrogen) atoms. The molecule has 0 aromatic rings. The number of carboxylic acid groups (broad SMARTS) is 1. The van der Waals surface area contributed by atoms with Gasteiger partial charge in [0.2, 0.25) is 11.8 Å². The van der Waals surface area contributed by atoms with Gasteiger partial charge < -0.3 is 24.7 Å². The van der Waals surface area contributed by atoms with E-state index in [2.05, 4.69) is 0 Å². The molecule has 9 heteroatoms. The number of likely N-dealkylation sites (N-methyl/N-ethyl adjacent to an activating group) is 1. The number of aliphatic carboxylic acids is 1. The Kier molecular flexibility index (Phi) is 6.14. The zero-order valence-corrected chi connectivity index (χ0v) is 14.1. The molecule has 2 saturated heterocycles. The van der Waals surface area contributed by atoms with Crippen molar-refractivity contribution in [2.75, 3.05) is 53.5 Å². The number of nitrogens with zero attached hydrogens (tertiary/aromatic N) is 3. The van der Waals surface area contributed by atoms with E-state index in [0.717, 1.165) is 0 Å². The summed E-state index contributed by atoms with van der Waals surface area (Å²) >= 11 is 0. The minimum atomic E-state index is -0.982. The van der Waals surface area contributed by atoms with E-state index in [1.165, 1.54) is 9.80 Å². The second-order valence-corrected chi connectivity index (χ2v) is 6.42. The molecule has 2 heterocycles. The van der Waals surface area contributed by atoms with Crippen LogP contribution < -0.4 is 0 Å². The fourth-order valence-electron chi connectivity index (χ4n) is 3.33. The van der Waals surface area contributed by atoms with Crippen LogP contribution in [0.25, 0.3) is 0 Å². The first-order chi connectivity index (χ1) is 11.3. The van der Waals surface area contributed by atoms with Gasteiger partial charge in [0.1, 0.15) is 0 Å². The molecule has 2 aliphatic heterocycles. The standard InChI is InChI=1S/C15H25N3O6/c1-16(9-14(21)22)11-7-18(8-12(11)19)15(23)10-5-13(20)17(6-10)3-4-24-2/h10-12,19H,3-9H2,1-2H3,(H,21,22)/t10-,11-,12+/m0/s1. The van der Waals surface area contributed by atoms with Crippen LogP contribution in [0.5, 0.6) is 0 Å². The average Bonchev–Trinajstić information content (AvgIpc) is 3.07. The molecule has 0 aromatic heterocycles. The van der Waals surface area contributed by atoms with Gasteiger partial charge in [-0.15, -0.1) is 0 Å². The molecule has 0 spiro atoms. The van der Waals surface area contributed by atoms with Crippen molar-refractivity contribution < 1.29 is 29.3 Å². The van der Waals surface area contributed by atoms with Crippen LogP contribution >= 0.6 is 0 Å². The zero-order chi connectivity index (χ0) is 17.9. The van der Waals surface area contributed by atoms with Crippen LogP contribution in [0.15, 0.2) is 0 Å². The highest BCUT2D eigenvalue weighted by molar-refractivity contribution is 5.89. The lowest BCUT2D eigenvalue weighted by Gasteiger charge is -2.25. The molecule has 2 aliphatic rings. The van der Waals surface area contributed by atoms with E-state index in [9.17, 15) is 19.5 Å². The number of carbonyl (C=O) groups is 3. The van der Waals surface area contributed by atoms with Crippen LogP contribution in [0, 0.1) is 5.92 Å². The van der Waals surface area contributed by atoms with Gasteiger partial charge in [0.25, 0.3) is 0 Å². The van der Waals surface area contributed by atoms with Gasteiger partial charge in [-0.3, -0.25) is 19.3 Å². The van der Waals surface area contributed by atoms with Gasteiger partial charge in [0, 0.05) is 39.7 Å². The van der Waals surface area contributed by atoms with Crippen LogP contribution in [0.3, 0.4) is 0 Å². The number of carbonyl (C=O) groups excluding carboxylic acids is 2. The minimum absolute atomic E-state index is 0.0651. The normalized spacial score (nSPS) is 27.3. The molecule has 3 atom stereocenters. The van der Waals surface area contributed by atoms with Gasteiger partial charge in [-0.2, -0.15) is 0 Å². The SMILES string of the molecule is COCCN1C[C@@H](C(=O)N2C[C@@H](O)[C@@H](N(C)CC(=O)O)C2)CC1=O. The first-order valence-corrected chi connectivity index (χ1v) is 7.99. The van der Waals surface area contributed by atoms with Gasteiger partial charge in [-0.1, -0.05) is 0 Å². The Morgan fingerprint density at radius 3 is 2.67 bits per heavy atom. The first kappa shape index (κ1) is 18.6. The first-order valence-electron chi connectivity index (χ1n) is 7.99. The highest BCUT2D eigenvalue weighted by Crippen LogP contribution is 2.23. The number of carboxylic acids is 1. The van der Waals surface area contributed by atoms with Crippen LogP contribution in [-0.2, 0) is 19.1 Å². The number of aliphatic hydroxyl groups is 1. The molecule has 2 rings (SSSR count). The molecule has 0 radical (unpaired) electrons. The van der Waals surface area contributed by atoms with Crippen molar-refractivity contribution in [2.45, 2.75) is 18.6 Å². The fourth-order valence-corrected chi connectivity index (χ4v) is 3.33. The molecule has 2 fully saturated rings. The van der Waals surface area contributed by atoms with Crippen molar-refractivity contribution in [1.82, 2.24) is 14.7 Å². The number of methoxy groups -OCH3 is 1. The largest absolute Gasteiger partial charge is 0.480 e. The Morgan fingerprint density at radius 2 is 2.04 bits per heavy atom.